The number of benzene rings is 1. The number of nitrogens with zero attached hydrogens (tertiary/aromatic N) is 1. The lowest BCUT2D eigenvalue weighted by molar-refractivity contribution is -0.126. The standard InChI is InChI=1S/C22H34N2O3/c1-15(2)20(24-9-7-16(3)8-10-24)13-23-22(25)18-11-17-12-19(26-4)5-6-21(17)27-14-18/h5-6,12,15-16,18,20H,7-11,13-14H2,1-4H3,(H,23,25). The number of likely N-dealkylation sites (tertiary alicyclic amines) is 1. The highest BCUT2D eigenvalue weighted by Crippen LogP contribution is 2.30. The number of hydrogen-bond donors (Lipinski definition) is 1. The van der Waals surface area contributed by atoms with E-state index in [0.29, 0.717) is 31.5 Å². The van der Waals surface area contributed by atoms with Crippen molar-refractivity contribution in [2.75, 3.05) is 33.4 Å². The second-order valence-corrected chi connectivity index (χ2v) is 8.46. The Balaban J connectivity index is 1.56. The van der Waals surface area contributed by atoms with E-state index in [1.807, 2.05) is 18.2 Å². The Morgan fingerprint density at radius 3 is 2.74 bits per heavy atom. The van der Waals surface area contributed by atoms with E-state index in [0.717, 1.165) is 36.1 Å². The zero-order chi connectivity index (χ0) is 19.4. The SMILES string of the molecule is COc1ccc2c(c1)CC(C(=O)NCC(C(C)C)N1CCC(C)CC1)CO2. The van der Waals surface area contributed by atoms with Gasteiger partial charge in [0, 0.05) is 12.6 Å². The third-order valence-corrected chi connectivity index (χ3v) is 6.09. The molecule has 0 aromatic heterocycles. The minimum Gasteiger partial charge on any atom is -0.497 e. The molecule has 0 bridgehead atoms. The molecule has 0 saturated carbocycles. The molecule has 0 aliphatic carbocycles. The fourth-order valence-electron chi connectivity index (χ4n) is 4.16. The average Bonchev–Trinajstić information content (AvgIpc) is 2.68. The molecule has 3 rings (SSSR count). The Morgan fingerprint density at radius 1 is 1.33 bits per heavy atom. The fraction of sp³-hybridized carbons (Fsp3) is 0.682. The van der Waals surface area contributed by atoms with Crippen molar-refractivity contribution in [1.29, 1.82) is 0 Å². The number of methoxy groups -OCH3 is 1. The van der Waals surface area contributed by atoms with E-state index in [2.05, 4.69) is 31.0 Å². The summed E-state index contributed by atoms with van der Waals surface area (Å²) in [4.78, 5) is 15.3. The highest BCUT2D eigenvalue weighted by atomic mass is 16.5. The van der Waals surface area contributed by atoms with Crippen LogP contribution in [0.5, 0.6) is 11.5 Å². The first kappa shape index (κ1) is 20.0. The van der Waals surface area contributed by atoms with Crippen LogP contribution < -0.4 is 14.8 Å². The molecule has 1 amide bonds. The summed E-state index contributed by atoms with van der Waals surface area (Å²) in [6, 6.07) is 6.19. The number of carbonyl (C=O) groups excluding carboxylic acids is 1. The van der Waals surface area contributed by atoms with Crippen LogP contribution in [-0.2, 0) is 11.2 Å². The smallest absolute Gasteiger partial charge is 0.226 e. The molecule has 5 nitrogen and oxygen atoms in total. The van der Waals surface area contributed by atoms with Gasteiger partial charge in [0.1, 0.15) is 18.1 Å². The minimum absolute atomic E-state index is 0.0968. The van der Waals surface area contributed by atoms with Crippen LogP contribution in [0.1, 0.15) is 39.2 Å². The number of amides is 1. The molecule has 0 spiro atoms. The zero-order valence-corrected chi connectivity index (χ0v) is 17.2. The average molecular weight is 375 g/mol. The lowest BCUT2D eigenvalue weighted by Crippen LogP contribution is -2.51. The van der Waals surface area contributed by atoms with Crippen LogP contribution in [0.25, 0.3) is 0 Å². The quantitative estimate of drug-likeness (QED) is 0.831. The van der Waals surface area contributed by atoms with Gasteiger partial charge >= 0.3 is 0 Å². The lowest BCUT2D eigenvalue weighted by atomic mass is 9.93. The number of fused-ring (bicyclic) bond motifs is 1. The number of ether oxygens (including phenoxy) is 2. The number of piperidine rings is 1. The highest BCUT2D eigenvalue weighted by Gasteiger charge is 2.29. The summed E-state index contributed by atoms with van der Waals surface area (Å²) in [6.07, 6.45) is 3.21. The molecule has 1 aromatic rings. The van der Waals surface area contributed by atoms with Gasteiger partial charge in [0.2, 0.25) is 5.91 Å². The van der Waals surface area contributed by atoms with Gasteiger partial charge in [0.15, 0.2) is 0 Å². The maximum absolute atomic E-state index is 12.8. The number of rotatable bonds is 6. The summed E-state index contributed by atoms with van der Waals surface area (Å²) in [5, 5.41) is 3.21. The monoisotopic (exact) mass is 374 g/mol. The molecule has 0 radical (unpaired) electrons. The minimum atomic E-state index is -0.140. The highest BCUT2D eigenvalue weighted by molar-refractivity contribution is 5.79. The molecule has 27 heavy (non-hydrogen) atoms. The molecular weight excluding hydrogens is 340 g/mol. The van der Waals surface area contributed by atoms with E-state index in [1.165, 1.54) is 12.8 Å². The van der Waals surface area contributed by atoms with Crippen LogP contribution in [0, 0.1) is 17.8 Å². The van der Waals surface area contributed by atoms with E-state index in [-0.39, 0.29) is 11.8 Å². The summed E-state index contributed by atoms with van der Waals surface area (Å²) in [5.74, 6) is 2.96. The normalized spacial score (nSPS) is 22.0. The zero-order valence-electron chi connectivity index (χ0n) is 17.2. The van der Waals surface area contributed by atoms with Crippen molar-refractivity contribution in [3.8, 4) is 11.5 Å². The largest absolute Gasteiger partial charge is 0.497 e. The van der Waals surface area contributed by atoms with Crippen LogP contribution >= 0.6 is 0 Å². The first-order chi connectivity index (χ1) is 13.0. The molecule has 2 aliphatic heterocycles. The van der Waals surface area contributed by atoms with Crippen LogP contribution in [-0.4, -0.2) is 50.2 Å². The lowest BCUT2D eigenvalue weighted by Gasteiger charge is -2.39. The molecule has 1 fully saturated rings. The van der Waals surface area contributed by atoms with E-state index in [1.54, 1.807) is 7.11 Å². The van der Waals surface area contributed by atoms with Crippen molar-refractivity contribution in [2.45, 2.75) is 46.1 Å². The van der Waals surface area contributed by atoms with E-state index < -0.39 is 0 Å². The van der Waals surface area contributed by atoms with Crippen LogP contribution in [0.3, 0.4) is 0 Å². The Bertz CT molecular complexity index is 638. The Labute approximate surface area is 163 Å². The molecular formula is C22H34N2O3. The van der Waals surface area contributed by atoms with Gasteiger partial charge in [-0.15, -0.1) is 0 Å². The molecule has 2 heterocycles. The second kappa shape index (κ2) is 8.96. The van der Waals surface area contributed by atoms with Gasteiger partial charge in [-0.3, -0.25) is 9.69 Å². The van der Waals surface area contributed by atoms with Gasteiger partial charge in [0.05, 0.1) is 13.0 Å². The molecule has 1 N–H and O–H groups in total. The molecule has 2 aliphatic rings. The summed E-state index contributed by atoms with van der Waals surface area (Å²) in [5.41, 5.74) is 1.05. The van der Waals surface area contributed by atoms with E-state index in [9.17, 15) is 4.79 Å². The van der Waals surface area contributed by atoms with Gasteiger partial charge < -0.3 is 14.8 Å². The van der Waals surface area contributed by atoms with Crippen molar-refractivity contribution in [3.63, 3.8) is 0 Å². The molecule has 5 heteroatoms. The Hall–Kier alpha value is -1.75. The van der Waals surface area contributed by atoms with Crippen molar-refractivity contribution < 1.29 is 14.3 Å². The van der Waals surface area contributed by atoms with Gasteiger partial charge in [0.25, 0.3) is 0 Å². The first-order valence-electron chi connectivity index (χ1n) is 10.3. The summed E-state index contributed by atoms with van der Waals surface area (Å²) >= 11 is 0. The molecule has 2 unspecified atom stereocenters. The van der Waals surface area contributed by atoms with Crippen molar-refractivity contribution >= 4 is 5.91 Å². The van der Waals surface area contributed by atoms with E-state index in [4.69, 9.17) is 9.47 Å². The van der Waals surface area contributed by atoms with Gasteiger partial charge in [-0.2, -0.15) is 0 Å². The van der Waals surface area contributed by atoms with Crippen LogP contribution in [0.15, 0.2) is 18.2 Å². The van der Waals surface area contributed by atoms with Gasteiger partial charge in [-0.25, -0.2) is 0 Å². The topological polar surface area (TPSA) is 50.8 Å². The van der Waals surface area contributed by atoms with Gasteiger partial charge in [-0.05, 0) is 68.0 Å². The molecule has 150 valence electrons. The Morgan fingerprint density at radius 2 is 2.07 bits per heavy atom. The first-order valence-corrected chi connectivity index (χ1v) is 10.3. The third kappa shape index (κ3) is 4.95. The third-order valence-electron chi connectivity index (χ3n) is 6.09. The number of hydrogen-bond acceptors (Lipinski definition) is 4. The van der Waals surface area contributed by atoms with Crippen LogP contribution in [0.2, 0.25) is 0 Å². The second-order valence-electron chi connectivity index (χ2n) is 8.46. The van der Waals surface area contributed by atoms with E-state index >= 15 is 0 Å². The summed E-state index contributed by atoms with van der Waals surface area (Å²) in [6.45, 7) is 10.3. The predicted octanol–water partition coefficient (Wildman–Crippen LogP) is 3.12. The summed E-state index contributed by atoms with van der Waals surface area (Å²) in [7, 11) is 1.66. The van der Waals surface area contributed by atoms with Crippen molar-refractivity contribution in [3.05, 3.63) is 23.8 Å². The number of carbonyl (C=O) groups is 1. The van der Waals surface area contributed by atoms with Gasteiger partial charge in [-0.1, -0.05) is 20.8 Å². The molecule has 1 saturated heterocycles. The fourth-order valence-corrected chi connectivity index (χ4v) is 4.16. The van der Waals surface area contributed by atoms with Crippen LogP contribution in [0.4, 0.5) is 0 Å². The maximum atomic E-state index is 12.8. The molecule has 1 aromatic carbocycles. The maximum Gasteiger partial charge on any atom is 0.226 e. The molecule has 2 atom stereocenters. The van der Waals surface area contributed by atoms with Crippen molar-refractivity contribution in [1.82, 2.24) is 10.2 Å². The Kier molecular flexibility index (Phi) is 6.64. The predicted molar refractivity (Wildman–Crippen MR) is 107 cm³/mol. The number of nitrogens with one attached hydrogen (secondary N) is 1. The van der Waals surface area contributed by atoms with Crippen molar-refractivity contribution in [2.24, 2.45) is 17.8 Å². The summed E-state index contributed by atoms with van der Waals surface area (Å²) < 4.78 is 11.1.